The van der Waals surface area contributed by atoms with E-state index in [1.54, 1.807) is 10.4 Å². The summed E-state index contributed by atoms with van der Waals surface area (Å²) >= 11 is 1.92. The Bertz CT molecular complexity index is 428. The van der Waals surface area contributed by atoms with Crippen LogP contribution in [0.25, 0.3) is 0 Å². The Morgan fingerprint density at radius 3 is 3.25 bits per heavy atom. The van der Waals surface area contributed by atoms with Crippen molar-refractivity contribution in [3.8, 4) is 0 Å². The molecule has 1 saturated heterocycles. The van der Waals surface area contributed by atoms with E-state index >= 15 is 0 Å². The third kappa shape index (κ3) is 3.08. The highest BCUT2D eigenvalue weighted by Gasteiger charge is 2.28. The van der Waals surface area contributed by atoms with E-state index in [0.717, 1.165) is 19.7 Å². The molecule has 0 spiro atoms. The molecule has 0 bridgehead atoms. The van der Waals surface area contributed by atoms with Gasteiger partial charge in [0.25, 0.3) is 0 Å². The molecule has 20 heavy (non-hydrogen) atoms. The smallest absolute Gasteiger partial charge is 0.0700 e. The van der Waals surface area contributed by atoms with Crippen molar-refractivity contribution in [2.75, 3.05) is 26.2 Å². The predicted molar refractivity (Wildman–Crippen MR) is 84.4 cm³/mol. The number of ether oxygens (including phenoxy) is 1. The second-order valence-electron chi connectivity index (χ2n) is 6.11. The van der Waals surface area contributed by atoms with Crippen molar-refractivity contribution in [2.24, 2.45) is 0 Å². The number of hydrogen-bond acceptors (Lipinski definition) is 4. The first-order valence-electron chi connectivity index (χ1n) is 7.90. The third-order valence-electron chi connectivity index (χ3n) is 4.73. The molecule has 3 heterocycles. The van der Waals surface area contributed by atoms with Gasteiger partial charge in [-0.3, -0.25) is 4.90 Å². The van der Waals surface area contributed by atoms with Gasteiger partial charge in [0.15, 0.2) is 0 Å². The zero-order chi connectivity index (χ0) is 13.9. The summed E-state index contributed by atoms with van der Waals surface area (Å²) in [6, 6.07) is 3.45. The monoisotopic (exact) mass is 294 g/mol. The molecule has 0 saturated carbocycles. The molecule has 3 nitrogen and oxygen atoms in total. The van der Waals surface area contributed by atoms with Gasteiger partial charge < -0.3 is 10.1 Å². The van der Waals surface area contributed by atoms with Crippen LogP contribution in [0.15, 0.2) is 11.4 Å². The summed E-state index contributed by atoms with van der Waals surface area (Å²) in [5.74, 6) is 0. The average molecular weight is 294 g/mol. The van der Waals surface area contributed by atoms with Crippen LogP contribution in [-0.4, -0.2) is 43.3 Å². The molecule has 3 rings (SSSR count). The van der Waals surface area contributed by atoms with E-state index in [4.69, 9.17) is 4.74 Å². The van der Waals surface area contributed by atoms with Gasteiger partial charge in [-0.05, 0) is 50.1 Å². The van der Waals surface area contributed by atoms with Gasteiger partial charge in [0.05, 0.1) is 6.10 Å². The van der Waals surface area contributed by atoms with E-state index in [1.165, 1.54) is 25.8 Å². The molecule has 1 fully saturated rings. The first-order chi connectivity index (χ1) is 9.75. The fourth-order valence-corrected chi connectivity index (χ4v) is 4.47. The molecule has 112 valence electrons. The van der Waals surface area contributed by atoms with Gasteiger partial charge in [-0.25, -0.2) is 0 Å². The lowest BCUT2D eigenvalue weighted by Crippen LogP contribution is -2.45. The van der Waals surface area contributed by atoms with Crippen LogP contribution in [0.2, 0.25) is 0 Å². The molecular weight excluding hydrogens is 268 g/mol. The molecule has 1 aromatic rings. The summed E-state index contributed by atoms with van der Waals surface area (Å²) in [7, 11) is 0. The second-order valence-corrected chi connectivity index (χ2v) is 7.11. The lowest BCUT2D eigenvalue weighted by Gasteiger charge is -2.38. The number of hydrogen-bond donors (Lipinski definition) is 1. The number of nitrogens with zero attached hydrogens (tertiary/aromatic N) is 1. The Morgan fingerprint density at radius 1 is 1.55 bits per heavy atom. The maximum absolute atomic E-state index is 5.66. The van der Waals surface area contributed by atoms with Gasteiger partial charge in [-0.15, -0.1) is 11.3 Å². The SMILES string of the molecule is CC(CNCC1CCCO1)N1CCc2sccc2C1C. The zero-order valence-electron chi connectivity index (χ0n) is 12.6. The van der Waals surface area contributed by atoms with Crippen LogP contribution in [0.1, 0.15) is 43.2 Å². The molecule has 2 aliphatic heterocycles. The summed E-state index contributed by atoms with van der Waals surface area (Å²) in [5.41, 5.74) is 1.55. The van der Waals surface area contributed by atoms with Gasteiger partial charge in [-0.2, -0.15) is 0 Å². The van der Waals surface area contributed by atoms with Gasteiger partial charge >= 0.3 is 0 Å². The van der Waals surface area contributed by atoms with Crippen LogP contribution in [0, 0.1) is 0 Å². The molecule has 0 aromatic carbocycles. The largest absolute Gasteiger partial charge is 0.377 e. The molecule has 2 aliphatic rings. The average Bonchev–Trinajstić information content (AvgIpc) is 3.09. The third-order valence-corrected chi connectivity index (χ3v) is 5.72. The van der Waals surface area contributed by atoms with E-state index in [9.17, 15) is 0 Å². The van der Waals surface area contributed by atoms with Gasteiger partial charge in [-0.1, -0.05) is 0 Å². The van der Waals surface area contributed by atoms with Crippen molar-refractivity contribution < 1.29 is 4.74 Å². The van der Waals surface area contributed by atoms with Crippen LogP contribution >= 0.6 is 11.3 Å². The molecule has 0 aliphatic carbocycles. The molecule has 3 atom stereocenters. The maximum atomic E-state index is 5.66. The summed E-state index contributed by atoms with van der Waals surface area (Å²) < 4.78 is 5.66. The predicted octanol–water partition coefficient (Wildman–Crippen LogP) is 2.82. The minimum absolute atomic E-state index is 0.449. The van der Waals surface area contributed by atoms with Crippen molar-refractivity contribution in [3.63, 3.8) is 0 Å². The standard InChI is InChI=1S/C16H26N2OS/c1-12(10-17-11-14-4-3-8-19-14)18-7-5-16-15(13(18)2)6-9-20-16/h6,9,12-14,17H,3-5,7-8,10-11H2,1-2H3. The molecule has 0 amide bonds. The normalized spacial score (nSPS) is 28.5. The Hall–Kier alpha value is -0.420. The van der Waals surface area contributed by atoms with Crippen LogP contribution in [0.4, 0.5) is 0 Å². The Balaban J connectivity index is 1.48. The minimum atomic E-state index is 0.449. The van der Waals surface area contributed by atoms with Crippen LogP contribution in [-0.2, 0) is 11.2 Å². The van der Waals surface area contributed by atoms with Crippen LogP contribution in [0.5, 0.6) is 0 Å². The van der Waals surface area contributed by atoms with Crippen molar-refractivity contribution in [3.05, 3.63) is 21.9 Å². The molecule has 3 unspecified atom stereocenters. The number of fused-ring (bicyclic) bond motifs is 1. The van der Waals surface area contributed by atoms with Crippen LogP contribution < -0.4 is 5.32 Å². The minimum Gasteiger partial charge on any atom is -0.377 e. The molecule has 4 heteroatoms. The van der Waals surface area contributed by atoms with E-state index in [-0.39, 0.29) is 0 Å². The van der Waals surface area contributed by atoms with Crippen LogP contribution in [0.3, 0.4) is 0 Å². The van der Waals surface area contributed by atoms with Gasteiger partial charge in [0.2, 0.25) is 0 Å². The lowest BCUT2D eigenvalue weighted by molar-refractivity contribution is 0.103. The van der Waals surface area contributed by atoms with E-state index in [2.05, 4.69) is 35.5 Å². The van der Waals surface area contributed by atoms with Crippen molar-refractivity contribution in [1.82, 2.24) is 10.2 Å². The Kier molecular flexibility index (Phi) is 4.76. The zero-order valence-corrected chi connectivity index (χ0v) is 13.4. The summed E-state index contributed by atoms with van der Waals surface area (Å²) in [5, 5.41) is 5.84. The highest BCUT2D eigenvalue weighted by atomic mass is 32.1. The van der Waals surface area contributed by atoms with Crippen molar-refractivity contribution in [1.29, 1.82) is 0 Å². The summed E-state index contributed by atoms with van der Waals surface area (Å²) in [6.07, 6.45) is 4.11. The van der Waals surface area contributed by atoms with Gasteiger partial charge in [0, 0.05) is 43.2 Å². The maximum Gasteiger partial charge on any atom is 0.0700 e. The lowest BCUT2D eigenvalue weighted by atomic mass is 9.99. The molecule has 0 radical (unpaired) electrons. The van der Waals surface area contributed by atoms with E-state index in [1.807, 2.05) is 11.3 Å². The summed E-state index contributed by atoms with van der Waals surface area (Å²) in [6.45, 7) is 8.90. The highest BCUT2D eigenvalue weighted by molar-refractivity contribution is 7.10. The highest BCUT2D eigenvalue weighted by Crippen LogP contribution is 2.33. The number of nitrogens with one attached hydrogen (secondary N) is 1. The quantitative estimate of drug-likeness (QED) is 0.904. The topological polar surface area (TPSA) is 24.5 Å². The molecular formula is C16H26N2OS. The fraction of sp³-hybridized carbons (Fsp3) is 0.750. The number of thiophene rings is 1. The molecule has 1 aromatic heterocycles. The second kappa shape index (κ2) is 6.56. The van der Waals surface area contributed by atoms with E-state index < -0.39 is 0 Å². The first kappa shape index (κ1) is 14.5. The van der Waals surface area contributed by atoms with Crippen molar-refractivity contribution >= 4 is 11.3 Å². The Morgan fingerprint density at radius 2 is 2.45 bits per heavy atom. The van der Waals surface area contributed by atoms with E-state index in [0.29, 0.717) is 18.2 Å². The Labute approximate surface area is 126 Å². The molecule has 1 N–H and O–H groups in total. The van der Waals surface area contributed by atoms with Crippen molar-refractivity contribution in [2.45, 2.75) is 51.3 Å². The van der Waals surface area contributed by atoms with Gasteiger partial charge in [0.1, 0.15) is 0 Å². The summed E-state index contributed by atoms with van der Waals surface area (Å²) in [4.78, 5) is 4.23. The fourth-order valence-electron chi connectivity index (χ4n) is 3.51. The first-order valence-corrected chi connectivity index (χ1v) is 8.78. The number of rotatable bonds is 5.